The van der Waals surface area contributed by atoms with Gasteiger partial charge in [0.25, 0.3) is 0 Å². The summed E-state index contributed by atoms with van der Waals surface area (Å²) in [5, 5.41) is 12.4. The van der Waals surface area contributed by atoms with Crippen LogP contribution in [0.3, 0.4) is 0 Å². The molecular formula is C15H12F5NO. The van der Waals surface area contributed by atoms with Crippen molar-refractivity contribution in [2.24, 2.45) is 0 Å². The average Bonchev–Trinajstić information content (AvgIpc) is 2.44. The van der Waals surface area contributed by atoms with E-state index < -0.39 is 40.8 Å². The van der Waals surface area contributed by atoms with Crippen molar-refractivity contribution in [3.05, 3.63) is 70.5 Å². The van der Waals surface area contributed by atoms with E-state index in [1.165, 1.54) is 6.07 Å². The first-order chi connectivity index (χ1) is 10.4. The highest BCUT2D eigenvalue weighted by Gasteiger charge is 2.17. The van der Waals surface area contributed by atoms with Gasteiger partial charge in [0.1, 0.15) is 11.6 Å². The van der Waals surface area contributed by atoms with E-state index in [-0.39, 0.29) is 18.7 Å². The van der Waals surface area contributed by atoms with Crippen LogP contribution in [0.5, 0.6) is 0 Å². The smallest absolute Gasteiger partial charge is 0.194 e. The van der Waals surface area contributed by atoms with Crippen molar-refractivity contribution in [3.63, 3.8) is 0 Å². The van der Waals surface area contributed by atoms with Gasteiger partial charge in [-0.25, -0.2) is 22.0 Å². The van der Waals surface area contributed by atoms with Crippen LogP contribution in [0, 0.1) is 29.1 Å². The second kappa shape index (κ2) is 6.85. The van der Waals surface area contributed by atoms with Crippen LogP contribution >= 0.6 is 0 Å². The highest BCUT2D eigenvalue weighted by molar-refractivity contribution is 5.23. The Morgan fingerprint density at radius 2 is 1.45 bits per heavy atom. The standard InChI is InChI=1S/C15H12F5NO/c16-9-2-1-3-10(17)14(9)13(22)7-21-6-8-4-11(18)15(20)12(19)5-8/h1-5,13,21-22H,6-7H2. The molecule has 2 rings (SSSR count). The topological polar surface area (TPSA) is 32.3 Å². The molecule has 0 saturated heterocycles. The Morgan fingerprint density at radius 1 is 0.909 bits per heavy atom. The van der Waals surface area contributed by atoms with E-state index in [0.29, 0.717) is 0 Å². The second-order valence-electron chi connectivity index (χ2n) is 4.66. The Balaban J connectivity index is 1.99. The van der Waals surface area contributed by atoms with Crippen LogP contribution in [0.4, 0.5) is 22.0 Å². The van der Waals surface area contributed by atoms with Crippen molar-refractivity contribution in [1.29, 1.82) is 0 Å². The van der Waals surface area contributed by atoms with Gasteiger partial charge >= 0.3 is 0 Å². The second-order valence-corrected chi connectivity index (χ2v) is 4.66. The maximum Gasteiger partial charge on any atom is 0.194 e. The fraction of sp³-hybridized carbons (Fsp3) is 0.200. The normalized spacial score (nSPS) is 12.5. The van der Waals surface area contributed by atoms with Gasteiger partial charge in [-0.05, 0) is 29.8 Å². The van der Waals surface area contributed by atoms with E-state index in [1.54, 1.807) is 0 Å². The zero-order valence-electron chi connectivity index (χ0n) is 11.2. The number of nitrogens with one attached hydrogen (secondary N) is 1. The number of aliphatic hydroxyl groups excluding tert-OH is 1. The summed E-state index contributed by atoms with van der Waals surface area (Å²) in [6, 6.07) is 4.76. The molecule has 7 heteroatoms. The molecule has 0 amide bonds. The molecule has 0 spiro atoms. The van der Waals surface area contributed by atoms with E-state index in [4.69, 9.17) is 0 Å². The van der Waals surface area contributed by atoms with Gasteiger partial charge in [-0.3, -0.25) is 0 Å². The molecule has 2 aromatic carbocycles. The molecule has 0 heterocycles. The monoisotopic (exact) mass is 317 g/mol. The van der Waals surface area contributed by atoms with Crippen molar-refractivity contribution in [3.8, 4) is 0 Å². The third-order valence-electron chi connectivity index (χ3n) is 3.04. The lowest BCUT2D eigenvalue weighted by Crippen LogP contribution is -2.22. The van der Waals surface area contributed by atoms with E-state index in [9.17, 15) is 27.1 Å². The average molecular weight is 317 g/mol. The summed E-state index contributed by atoms with van der Waals surface area (Å²) in [5.41, 5.74) is -0.399. The maximum atomic E-state index is 13.4. The summed E-state index contributed by atoms with van der Waals surface area (Å²) < 4.78 is 65.7. The Labute approximate surface area is 123 Å². The Bertz CT molecular complexity index is 634. The molecule has 0 aliphatic carbocycles. The minimum absolute atomic E-state index is 0.0950. The number of benzene rings is 2. The number of aliphatic hydroxyl groups is 1. The zero-order valence-corrected chi connectivity index (χ0v) is 11.2. The maximum absolute atomic E-state index is 13.4. The summed E-state index contributed by atoms with van der Waals surface area (Å²) in [7, 11) is 0. The molecule has 2 N–H and O–H groups in total. The zero-order chi connectivity index (χ0) is 16.3. The largest absolute Gasteiger partial charge is 0.387 e. The third-order valence-corrected chi connectivity index (χ3v) is 3.04. The van der Waals surface area contributed by atoms with Crippen LogP contribution in [0.1, 0.15) is 17.2 Å². The minimum atomic E-state index is -1.57. The molecule has 0 fully saturated rings. The van der Waals surface area contributed by atoms with Gasteiger partial charge < -0.3 is 10.4 Å². The quantitative estimate of drug-likeness (QED) is 0.656. The van der Waals surface area contributed by atoms with Crippen molar-refractivity contribution < 1.29 is 27.1 Å². The van der Waals surface area contributed by atoms with Gasteiger partial charge in [-0.2, -0.15) is 0 Å². The fourth-order valence-corrected chi connectivity index (χ4v) is 1.99. The molecule has 118 valence electrons. The van der Waals surface area contributed by atoms with Crippen LogP contribution < -0.4 is 5.32 Å². The molecular weight excluding hydrogens is 305 g/mol. The first kappa shape index (κ1) is 16.4. The lowest BCUT2D eigenvalue weighted by Gasteiger charge is -2.14. The van der Waals surface area contributed by atoms with Crippen LogP contribution in [0.25, 0.3) is 0 Å². The first-order valence-electron chi connectivity index (χ1n) is 6.36. The van der Waals surface area contributed by atoms with E-state index in [2.05, 4.69) is 5.32 Å². The molecule has 0 aliphatic rings. The van der Waals surface area contributed by atoms with E-state index >= 15 is 0 Å². The third kappa shape index (κ3) is 3.61. The van der Waals surface area contributed by atoms with Crippen molar-refractivity contribution in [2.75, 3.05) is 6.54 Å². The predicted molar refractivity (Wildman–Crippen MR) is 69.3 cm³/mol. The SMILES string of the molecule is OC(CNCc1cc(F)c(F)c(F)c1)c1c(F)cccc1F. The fourth-order valence-electron chi connectivity index (χ4n) is 1.99. The summed E-state index contributed by atoms with van der Waals surface area (Å²) in [6.07, 6.45) is -1.48. The van der Waals surface area contributed by atoms with Crippen LogP contribution in [-0.4, -0.2) is 11.7 Å². The Hall–Kier alpha value is -1.99. The van der Waals surface area contributed by atoms with Crippen molar-refractivity contribution >= 4 is 0 Å². The molecule has 1 unspecified atom stereocenters. The molecule has 0 aromatic heterocycles. The Morgan fingerprint density at radius 3 is 2.00 bits per heavy atom. The van der Waals surface area contributed by atoms with Gasteiger partial charge in [0.15, 0.2) is 17.5 Å². The summed E-state index contributed by atoms with van der Waals surface area (Å²) in [6.45, 7) is -0.361. The van der Waals surface area contributed by atoms with Crippen LogP contribution in [0.15, 0.2) is 30.3 Å². The number of rotatable bonds is 5. The van der Waals surface area contributed by atoms with E-state index in [0.717, 1.165) is 24.3 Å². The van der Waals surface area contributed by atoms with Gasteiger partial charge in [0.2, 0.25) is 0 Å². The Kier molecular flexibility index (Phi) is 5.10. The van der Waals surface area contributed by atoms with Crippen LogP contribution in [-0.2, 0) is 6.54 Å². The summed E-state index contributed by atoms with van der Waals surface area (Å²) >= 11 is 0. The first-order valence-corrected chi connectivity index (χ1v) is 6.36. The molecule has 22 heavy (non-hydrogen) atoms. The summed E-state index contributed by atoms with van der Waals surface area (Å²) in [5.74, 6) is -6.03. The molecule has 1 atom stereocenters. The van der Waals surface area contributed by atoms with Gasteiger partial charge in [0, 0.05) is 13.1 Å². The lowest BCUT2D eigenvalue weighted by atomic mass is 10.1. The highest BCUT2D eigenvalue weighted by Crippen LogP contribution is 2.20. The highest BCUT2D eigenvalue weighted by atomic mass is 19.2. The summed E-state index contributed by atoms with van der Waals surface area (Å²) in [4.78, 5) is 0. The molecule has 2 nitrogen and oxygen atoms in total. The van der Waals surface area contributed by atoms with Gasteiger partial charge in [0.05, 0.1) is 11.7 Å². The molecule has 0 saturated carbocycles. The molecule has 0 bridgehead atoms. The van der Waals surface area contributed by atoms with Gasteiger partial charge in [-0.15, -0.1) is 0 Å². The predicted octanol–water partition coefficient (Wildman–Crippen LogP) is 3.21. The van der Waals surface area contributed by atoms with Crippen LogP contribution in [0.2, 0.25) is 0 Å². The number of hydrogen-bond acceptors (Lipinski definition) is 2. The number of halogens is 5. The number of hydrogen-bond donors (Lipinski definition) is 2. The van der Waals surface area contributed by atoms with Gasteiger partial charge in [-0.1, -0.05) is 6.07 Å². The van der Waals surface area contributed by atoms with E-state index in [1.807, 2.05) is 0 Å². The van der Waals surface area contributed by atoms with Crippen molar-refractivity contribution in [1.82, 2.24) is 5.32 Å². The van der Waals surface area contributed by atoms with Crippen molar-refractivity contribution in [2.45, 2.75) is 12.6 Å². The molecule has 0 aliphatic heterocycles. The minimum Gasteiger partial charge on any atom is -0.387 e. The molecule has 2 aromatic rings. The molecule has 0 radical (unpaired) electrons. The lowest BCUT2D eigenvalue weighted by molar-refractivity contribution is 0.164.